The van der Waals surface area contributed by atoms with Crippen molar-refractivity contribution in [1.29, 1.82) is 0 Å². The number of aliphatic hydroxyl groups excluding tert-OH is 1. The zero-order valence-corrected chi connectivity index (χ0v) is 26.4. The van der Waals surface area contributed by atoms with Crippen LogP contribution in [0.4, 0.5) is 0 Å². The number of amides is 3. The molecule has 0 aromatic heterocycles. The van der Waals surface area contributed by atoms with Crippen molar-refractivity contribution in [3.63, 3.8) is 0 Å². The maximum absolute atomic E-state index is 15.0. The van der Waals surface area contributed by atoms with Crippen molar-refractivity contribution in [2.45, 2.75) is 89.6 Å². The van der Waals surface area contributed by atoms with Crippen LogP contribution in [0, 0.1) is 17.3 Å². The second-order valence-electron chi connectivity index (χ2n) is 14.4. The fourth-order valence-electron chi connectivity index (χ4n) is 8.21. The minimum atomic E-state index is -1.20. The number of likely N-dealkylation sites (N-methyl/N-ethyl adjacent to an activating group) is 1. The van der Waals surface area contributed by atoms with Crippen molar-refractivity contribution in [2.75, 3.05) is 26.7 Å². The van der Waals surface area contributed by atoms with E-state index in [1.54, 1.807) is 29.0 Å². The first kappa shape index (κ1) is 32.0. The van der Waals surface area contributed by atoms with E-state index in [1.807, 2.05) is 56.0 Å². The summed E-state index contributed by atoms with van der Waals surface area (Å²) in [6.45, 7) is 20.4. The molecule has 1 aromatic rings. The molecular formula is C34H49N3O5. The Morgan fingerprint density at radius 1 is 1.10 bits per heavy atom. The summed E-state index contributed by atoms with van der Waals surface area (Å²) in [5.41, 5.74) is -2.01. The number of carbonyl (C=O) groups is 3. The predicted molar refractivity (Wildman–Crippen MR) is 163 cm³/mol. The van der Waals surface area contributed by atoms with Crippen LogP contribution < -0.4 is 0 Å². The summed E-state index contributed by atoms with van der Waals surface area (Å²) in [6, 6.07) is 7.49. The maximum atomic E-state index is 15.0. The number of nitrogens with zero attached hydrogens (tertiary/aromatic N) is 3. The molecule has 2 bridgehead atoms. The lowest BCUT2D eigenvalue weighted by atomic mass is 9.66. The van der Waals surface area contributed by atoms with Gasteiger partial charge in [0.05, 0.1) is 30.1 Å². The zero-order valence-electron chi connectivity index (χ0n) is 26.4. The van der Waals surface area contributed by atoms with Gasteiger partial charge in [-0.1, -0.05) is 63.3 Å². The third-order valence-electron chi connectivity index (χ3n) is 9.46. The Labute approximate surface area is 251 Å². The lowest BCUT2D eigenvalue weighted by Gasteiger charge is -2.46. The zero-order chi connectivity index (χ0) is 31.3. The Bertz CT molecular complexity index is 1220. The van der Waals surface area contributed by atoms with E-state index in [1.165, 1.54) is 0 Å². The molecule has 3 fully saturated rings. The summed E-state index contributed by atoms with van der Waals surface area (Å²) in [4.78, 5) is 48.6. The molecule has 42 heavy (non-hydrogen) atoms. The highest BCUT2D eigenvalue weighted by Crippen LogP contribution is 2.64. The van der Waals surface area contributed by atoms with E-state index in [4.69, 9.17) is 4.74 Å². The van der Waals surface area contributed by atoms with Gasteiger partial charge >= 0.3 is 0 Å². The molecule has 3 heterocycles. The third-order valence-corrected chi connectivity index (χ3v) is 9.46. The molecule has 0 radical (unpaired) electrons. The molecular weight excluding hydrogens is 530 g/mol. The van der Waals surface area contributed by atoms with Gasteiger partial charge in [-0.05, 0) is 51.0 Å². The number of ether oxygens (including phenoxy) is 1. The predicted octanol–water partition coefficient (Wildman–Crippen LogP) is 4.36. The largest absolute Gasteiger partial charge is 0.394 e. The molecule has 3 aliphatic heterocycles. The number of carbonyl (C=O) groups excluding carboxylic acids is 3. The summed E-state index contributed by atoms with van der Waals surface area (Å²) < 4.78 is 6.85. The molecule has 4 rings (SSSR count). The van der Waals surface area contributed by atoms with E-state index in [9.17, 15) is 14.7 Å². The molecule has 1 N–H and O–H groups in total. The van der Waals surface area contributed by atoms with Gasteiger partial charge in [-0.2, -0.15) is 0 Å². The lowest BCUT2D eigenvalue weighted by Crippen LogP contribution is -2.61. The molecule has 1 spiro atoms. The second kappa shape index (κ2) is 11.3. The van der Waals surface area contributed by atoms with Crippen LogP contribution in [-0.2, 0) is 19.1 Å². The van der Waals surface area contributed by atoms with Gasteiger partial charge in [0, 0.05) is 25.7 Å². The highest BCUT2D eigenvalue weighted by atomic mass is 16.5. The van der Waals surface area contributed by atoms with Crippen molar-refractivity contribution >= 4 is 17.7 Å². The SMILES string of the molecule is C=CCN(C)C(=O)[C@H]1[C@H]2C(=O)N([C@H](CO)c3ccccc3)C(C(=O)N(CC=C)C(C)(C)CC(C)(C)C)C23CC[C@]1(C)O3. The quantitative estimate of drug-likeness (QED) is 0.394. The first-order chi connectivity index (χ1) is 19.6. The number of fused-ring (bicyclic) bond motifs is 1. The van der Waals surface area contributed by atoms with Crippen molar-refractivity contribution in [3.05, 3.63) is 61.2 Å². The van der Waals surface area contributed by atoms with Crippen molar-refractivity contribution in [3.8, 4) is 0 Å². The van der Waals surface area contributed by atoms with Gasteiger partial charge in [-0.15, -0.1) is 13.2 Å². The molecule has 0 saturated carbocycles. The van der Waals surface area contributed by atoms with E-state index in [-0.39, 0.29) is 36.3 Å². The first-order valence-corrected chi connectivity index (χ1v) is 15.0. The molecule has 230 valence electrons. The number of rotatable bonds is 11. The summed E-state index contributed by atoms with van der Waals surface area (Å²) in [6.07, 6.45) is 5.10. The van der Waals surface area contributed by atoms with Gasteiger partial charge < -0.3 is 24.5 Å². The summed E-state index contributed by atoms with van der Waals surface area (Å²) in [7, 11) is 1.70. The van der Waals surface area contributed by atoms with Crippen LogP contribution in [0.1, 0.15) is 72.4 Å². The topological polar surface area (TPSA) is 90.4 Å². The van der Waals surface area contributed by atoms with E-state index < -0.39 is 40.7 Å². The van der Waals surface area contributed by atoms with Gasteiger partial charge in [-0.3, -0.25) is 14.4 Å². The Morgan fingerprint density at radius 2 is 1.71 bits per heavy atom. The molecule has 3 aliphatic rings. The van der Waals surface area contributed by atoms with Crippen LogP contribution >= 0.6 is 0 Å². The van der Waals surface area contributed by atoms with Crippen LogP contribution in [0.15, 0.2) is 55.6 Å². The van der Waals surface area contributed by atoms with Gasteiger partial charge in [0.15, 0.2) is 0 Å². The van der Waals surface area contributed by atoms with Gasteiger partial charge in [0.25, 0.3) is 0 Å². The monoisotopic (exact) mass is 579 g/mol. The Hall–Kier alpha value is -2.97. The minimum Gasteiger partial charge on any atom is -0.394 e. The van der Waals surface area contributed by atoms with Crippen LogP contribution in [0.25, 0.3) is 0 Å². The van der Waals surface area contributed by atoms with E-state index in [0.717, 1.165) is 5.56 Å². The lowest BCUT2D eigenvalue weighted by molar-refractivity contribution is -0.159. The number of hydrogen-bond acceptors (Lipinski definition) is 5. The van der Waals surface area contributed by atoms with Crippen LogP contribution in [0.5, 0.6) is 0 Å². The molecule has 3 saturated heterocycles. The number of aliphatic hydroxyl groups is 1. The molecule has 0 aliphatic carbocycles. The smallest absolute Gasteiger partial charge is 0.249 e. The van der Waals surface area contributed by atoms with Crippen molar-refractivity contribution in [1.82, 2.24) is 14.7 Å². The maximum Gasteiger partial charge on any atom is 0.249 e. The van der Waals surface area contributed by atoms with Crippen LogP contribution in [0.2, 0.25) is 0 Å². The summed E-state index contributed by atoms with van der Waals surface area (Å²) in [5, 5.41) is 10.8. The molecule has 8 nitrogen and oxygen atoms in total. The molecule has 1 aromatic carbocycles. The highest BCUT2D eigenvalue weighted by Gasteiger charge is 2.79. The number of hydrogen-bond donors (Lipinski definition) is 1. The molecule has 6 atom stereocenters. The molecule has 2 unspecified atom stereocenters. The van der Waals surface area contributed by atoms with Gasteiger partial charge in [0.1, 0.15) is 11.6 Å². The van der Waals surface area contributed by atoms with E-state index in [2.05, 4.69) is 33.9 Å². The van der Waals surface area contributed by atoms with Gasteiger partial charge in [-0.25, -0.2) is 0 Å². The van der Waals surface area contributed by atoms with E-state index >= 15 is 4.79 Å². The fraction of sp³-hybridized carbons (Fsp3) is 0.618. The number of benzene rings is 1. The Kier molecular flexibility index (Phi) is 8.57. The normalized spacial score (nSPS) is 29.3. The van der Waals surface area contributed by atoms with Gasteiger partial charge in [0.2, 0.25) is 17.7 Å². The van der Waals surface area contributed by atoms with Crippen LogP contribution in [-0.4, -0.2) is 87.1 Å². The first-order valence-electron chi connectivity index (χ1n) is 15.0. The average Bonchev–Trinajstić information content (AvgIpc) is 3.47. The average molecular weight is 580 g/mol. The van der Waals surface area contributed by atoms with E-state index in [0.29, 0.717) is 25.8 Å². The van der Waals surface area contributed by atoms with Crippen molar-refractivity contribution < 1.29 is 24.2 Å². The second-order valence-corrected chi connectivity index (χ2v) is 14.4. The summed E-state index contributed by atoms with van der Waals surface area (Å²) >= 11 is 0. The third kappa shape index (κ3) is 5.21. The highest BCUT2D eigenvalue weighted by molar-refractivity contribution is 5.99. The Balaban J connectivity index is 1.90. The summed E-state index contributed by atoms with van der Waals surface area (Å²) in [5.74, 6) is -2.36. The molecule has 8 heteroatoms. The minimum absolute atomic E-state index is 0.0735. The number of likely N-dealkylation sites (tertiary alicyclic amines) is 1. The fourth-order valence-corrected chi connectivity index (χ4v) is 8.21. The van der Waals surface area contributed by atoms with Crippen molar-refractivity contribution in [2.24, 2.45) is 17.3 Å². The Morgan fingerprint density at radius 3 is 2.26 bits per heavy atom. The standard InChI is InChI=1S/C34H49N3O5/c1-10-19-35(9)28(39)25-26-29(40)37(24(21-38)23-15-13-12-14-16-23)27(34(26)18-17-33(25,8)42-34)30(41)36(20-11-2)32(6,7)22-31(3,4)5/h10-16,24-27,38H,1-2,17-22H2,3-9H3/t24-,25-,26+,27?,33+,34?/m1/s1. The molecule has 3 amide bonds. The van der Waals surface area contributed by atoms with Crippen LogP contribution in [0.3, 0.4) is 0 Å².